The van der Waals surface area contributed by atoms with Crippen LogP contribution in [0.15, 0.2) is 30.3 Å². The molecule has 1 aliphatic carbocycles. The number of tetrazole rings is 1. The van der Waals surface area contributed by atoms with Crippen LogP contribution in [0.4, 0.5) is 0 Å². The van der Waals surface area contributed by atoms with Gasteiger partial charge in [-0.1, -0.05) is 37.6 Å². The topological polar surface area (TPSA) is 69.9 Å². The number of carbonyl (C=O) groups is 1. The Hall–Kier alpha value is -2.76. The summed E-state index contributed by atoms with van der Waals surface area (Å²) >= 11 is 0. The number of ether oxygens (including phenoxy) is 1. The van der Waals surface area contributed by atoms with E-state index < -0.39 is 0 Å². The Balaban J connectivity index is 1.55. The predicted octanol–water partition coefficient (Wildman–Crippen LogP) is 3.08. The summed E-state index contributed by atoms with van der Waals surface area (Å²) in [5.41, 5.74) is 3.23. The fourth-order valence-electron chi connectivity index (χ4n) is 3.44. The van der Waals surface area contributed by atoms with Gasteiger partial charge in [-0.3, -0.25) is 0 Å². The van der Waals surface area contributed by atoms with Crippen LogP contribution < -0.4 is 0 Å². The van der Waals surface area contributed by atoms with Gasteiger partial charge in [-0.2, -0.15) is 0 Å². The number of hydrogen-bond acceptors (Lipinski definition) is 5. The first-order chi connectivity index (χ1) is 12.3. The van der Waals surface area contributed by atoms with Crippen molar-refractivity contribution in [1.29, 1.82) is 0 Å². The average molecular weight is 336 g/mol. The summed E-state index contributed by atoms with van der Waals surface area (Å²) in [6.45, 7) is 2.93. The van der Waals surface area contributed by atoms with Gasteiger partial charge in [0.25, 0.3) is 0 Å². The van der Waals surface area contributed by atoms with Gasteiger partial charge < -0.3 is 4.74 Å². The summed E-state index contributed by atoms with van der Waals surface area (Å²) in [7, 11) is 0. The minimum Gasteiger partial charge on any atom is -0.454 e. The molecule has 0 amide bonds. The van der Waals surface area contributed by atoms with Gasteiger partial charge in [0.2, 0.25) is 0 Å². The van der Waals surface area contributed by atoms with E-state index in [-0.39, 0.29) is 12.6 Å². The number of benzene rings is 2. The summed E-state index contributed by atoms with van der Waals surface area (Å²) < 4.78 is 7.20. The SMILES string of the molecule is CCCCn1nnnc1COC(=O)c1ccc2c3c(cccc13)CC2. The van der Waals surface area contributed by atoms with Crippen LogP contribution in [0.2, 0.25) is 0 Å². The van der Waals surface area contributed by atoms with Gasteiger partial charge in [0.1, 0.15) is 0 Å². The number of rotatable bonds is 6. The fraction of sp³-hybridized carbons (Fsp3) is 0.368. The fourth-order valence-corrected chi connectivity index (χ4v) is 3.44. The lowest BCUT2D eigenvalue weighted by Crippen LogP contribution is -2.11. The van der Waals surface area contributed by atoms with Crippen molar-refractivity contribution in [2.45, 2.75) is 45.8 Å². The second kappa shape index (κ2) is 6.63. The van der Waals surface area contributed by atoms with E-state index in [0.29, 0.717) is 11.4 Å². The summed E-state index contributed by atoms with van der Waals surface area (Å²) in [6.07, 6.45) is 4.12. The smallest absolute Gasteiger partial charge is 0.339 e. The third-order valence-electron chi connectivity index (χ3n) is 4.76. The average Bonchev–Trinajstić information content (AvgIpc) is 3.26. The van der Waals surface area contributed by atoms with Crippen molar-refractivity contribution >= 4 is 16.7 Å². The van der Waals surface area contributed by atoms with Crippen LogP contribution >= 0.6 is 0 Å². The highest BCUT2D eigenvalue weighted by atomic mass is 16.5. The minimum atomic E-state index is -0.333. The molecule has 0 N–H and O–H groups in total. The highest BCUT2D eigenvalue weighted by Crippen LogP contribution is 2.33. The maximum atomic E-state index is 12.6. The summed E-state index contributed by atoms with van der Waals surface area (Å²) in [6, 6.07) is 10.1. The van der Waals surface area contributed by atoms with Gasteiger partial charge in [0.05, 0.1) is 5.56 Å². The van der Waals surface area contributed by atoms with Gasteiger partial charge in [0, 0.05) is 6.54 Å². The molecule has 4 rings (SSSR count). The molecule has 6 nitrogen and oxygen atoms in total. The van der Waals surface area contributed by atoms with Gasteiger partial charge in [-0.15, -0.1) is 5.10 Å². The highest BCUT2D eigenvalue weighted by molar-refractivity contribution is 6.07. The van der Waals surface area contributed by atoms with Crippen molar-refractivity contribution < 1.29 is 9.53 Å². The first-order valence-corrected chi connectivity index (χ1v) is 8.73. The number of unbranched alkanes of at least 4 members (excludes halogenated alkanes) is 1. The maximum Gasteiger partial charge on any atom is 0.339 e. The third kappa shape index (κ3) is 2.88. The molecule has 25 heavy (non-hydrogen) atoms. The lowest BCUT2D eigenvalue weighted by molar-refractivity contribution is 0.0458. The van der Waals surface area contributed by atoms with E-state index in [2.05, 4.69) is 28.5 Å². The van der Waals surface area contributed by atoms with E-state index in [1.54, 1.807) is 4.68 Å². The van der Waals surface area contributed by atoms with Crippen molar-refractivity contribution in [3.05, 3.63) is 52.8 Å². The number of aryl methyl sites for hydroxylation is 3. The Kier molecular flexibility index (Phi) is 4.17. The zero-order valence-corrected chi connectivity index (χ0v) is 14.2. The van der Waals surface area contributed by atoms with Crippen LogP contribution in [0, 0.1) is 0 Å². The van der Waals surface area contributed by atoms with Crippen LogP contribution in [-0.4, -0.2) is 26.2 Å². The lowest BCUT2D eigenvalue weighted by Gasteiger charge is -2.09. The minimum absolute atomic E-state index is 0.0818. The number of aromatic nitrogens is 4. The van der Waals surface area contributed by atoms with Crippen molar-refractivity contribution in [3.8, 4) is 0 Å². The van der Waals surface area contributed by atoms with Crippen molar-refractivity contribution in [3.63, 3.8) is 0 Å². The predicted molar refractivity (Wildman–Crippen MR) is 93.2 cm³/mol. The number of esters is 1. The van der Waals surface area contributed by atoms with Crippen molar-refractivity contribution in [1.82, 2.24) is 20.2 Å². The molecule has 0 saturated carbocycles. The van der Waals surface area contributed by atoms with Crippen LogP contribution in [-0.2, 0) is 30.7 Å². The monoisotopic (exact) mass is 336 g/mol. The third-order valence-corrected chi connectivity index (χ3v) is 4.76. The second-order valence-electron chi connectivity index (χ2n) is 6.36. The second-order valence-corrected chi connectivity index (χ2v) is 6.36. The molecular weight excluding hydrogens is 316 g/mol. The molecule has 0 spiro atoms. The molecule has 128 valence electrons. The highest BCUT2D eigenvalue weighted by Gasteiger charge is 2.20. The van der Waals surface area contributed by atoms with E-state index in [1.807, 2.05) is 24.3 Å². The number of nitrogens with zero attached hydrogens (tertiary/aromatic N) is 4. The Bertz CT molecular complexity index is 922. The zero-order valence-electron chi connectivity index (χ0n) is 14.2. The molecule has 3 aromatic rings. The molecular formula is C19H20N4O2. The summed E-state index contributed by atoms with van der Waals surface area (Å²) in [5, 5.41) is 13.8. The summed E-state index contributed by atoms with van der Waals surface area (Å²) in [5.74, 6) is 0.244. The first kappa shape index (κ1) is 15.7. The van der Waals surface area contributed by atoms with E-state index in [1.165, 1.54) is 16.5 Å². The molecule has 1 aliphatic rings. The Morgan fingerprint density at radius 3 is 2.88 bits per heavy atom. The number of carbonyl (C=O) groups excluding carboxylic acids is 1. The molecule has 0 radical (unpaired) electrons. The molecule has 6 heteroatoms. The molecule has 0 saturated heterocycles. The van der Waals surface area contributed by atoms with Crippen LogP contribution in [0.3, 0.4) is 0 Å². The van der Waals surface area contributed by atoms with Gasteiger partial charge in [-0.05, 0) is 57.7 Å². The Morgan fingerprint density at radius 1 is 1.20 bits per heavy atom. The van der Waals surface area contributed by atoms with Gasteiger partial charge in [0.15, 0.2) is 12.4 Å². The normalized spacial score (nSPS) is 12.7. The first-order valence-electron chi connectivity index (χ1n) is 8.73. The van der Waals surface area contributed by atoms with E-state index in [9.17, 15) is 4.79 Å². The largest absolute Gasteiger partial charge is 0.454 e. The lowest BCUT2D eigenvalue weighted by atomic mass is 10.00. The molecule has 0 bridgehead atoms. The van der Waals surface area contributed by atoms with Crippen LogP contribution in [0.25, 0.3) is 10.8 Å². The van der Waals surface area contributed by atoms with E-state index in [0.717, 1.165) is 37.6 Å². The van der Waals surface area contributed by atoms with Gasteiger partial charge in [-0.25, -0.2) is 9.48 Å². The van der Waals surface area contributed by atoms with Crippen LogP contribution in [0.5, 0.6) is 0 Å². The zero-order chi connectivity index (χ0) is 17.2. The van der Waals surface area contributed by atoms with Crippen molar-refractivity contribution in [2.75, 3.05) is 0 Å². The maximum absolute atomic E-state index is 12.6. The van der Waals surface area contributed by atoms with Crippen LogP contribution in [0.1, 0.15) is 47.1 Å². The number of hydrogen-bond donors (Lipinski definition) is 0. The quantitative estimate of drug-likeness (QED) is 0.647. The molecule has 0 fully saturated rings. The van der Waals surface area contributed by atoms with Gasteiger partial charge >= 0.3 is 5.97 Å². The molecule has 0 aliphatic heterocycles. The van der Waals surface area contributed by atoms with Crippen molar-refractivity contribution in [2.24, 2.45) is 0 Å². The van der Waals surface area contributed by atoms with E-state index in [4.69, 9.17) is 4.74 Å². The molecule has 2 aromatic carbocycles. The molecule has 1 heterocycles. The molecule has 1 aromatic heterocycles. The van der Waals surface area contributed by atoms with E-state index >= 15 is 0 Å². The standard InChI is InChI=1S/C19H20N4O2/c1-2-3-11-23-17(20-21-22-23)12-25-19(24)16-10-9-14-8-7-13-5-4-6-15(16)18(13)14/h4-6,9-10H,2-3,7-8,11-12H2,1H3. The molecule has 0 unspecified atom stereocenters. The summed E-state index contributed by atoms with van der Waals surface area (Å²) in [4.78, 5) is 12.6. The Morgan fingerprint density at radius 2 is 2.04 bits per heavy atom. The Labute approximate surface area is 145 Å². The molecule has 0 atom stereocenters.